The average Bonchev–Trinajstić information content (AvgIpc) is 2.75. The van der Waals surface area contributed by atoms with Crippen LogP contribution in [-0.4, -0.2) is 0 Å². The summed E-state index contributed by atoms with van der Waals surface area (Å²) in [6, 6.07) is 37.1. The predicted molar refractivity (Wildman–Crippen MR) is 119 cm³/mol. The van der Waals surface area contributed by atoms with Gasteiger partial charge in [-0.1, -0.05) is 103 Å². The van der Waals surface area contributed by atoms with Gasteiger partial charge in [-0.25, -0.2) is 0 Å². The molecule has 0 unspecified atom stereocenters. The van der Waals surface area contributed by atoms with E-state index in [2.05, 4.69) is 110 Å². The number of benzene rings is 4. The molecule has 4 aromatic rings. The van der Waals surface area contributed by atoms with Crippen molar-refractivity contribution in [3.63, 3.8) is 0 Å². The van der Waals surface area contributed by atoms with Gasteiger partial charge in [-0.05, 0) is 65.1 Å². The molecule has 0 aliphatic heterocycles. The van der Waals surface area contributed by atoms with Gasteiger partial charge in [0.15, 0.2) is 0 Å². The third-order valence-corrected chi connectivity index (χ3v) is 5.45. The molecule has 0 bridgehead atoms. The Morgan fingerprint density at radius 1 is 0.429 bits per heavy atom. The van der Waals surface area contributed by atoms with Crippen molar-refractivity contribution < 1.29 is 0 Å². The zero-order valence-electron chi connectivity index (χ0n) is 16.4. The molecule has 0 spiro atoms. The first kappa shape index (κ1) is 18.3. The van der Waals surface area contributed by atoms with Crippen LogP contribution in [0.15, 0.2) is 103 Å². The van der Waals surface area contributed by atoms with Gasteiger partial charge in [-0.2, -0.15) is 0 Å². The van der Waals surface area contributed by atoms with E-state index in [1.165, 1.54) is 38.9 Å². The zero-order chi connectivity index (χ0) is 19.2. The molecular weight excluding hydrogens is 336 g/mol. The molecule has 0 N–H and O–H groups in total. The van der Waals surface area contributed by atoms with Crippen molar-refractivity contribution in [2.24, 2.45) is 0 Å². The smallest absolute Gasteiger partial charge is 0.00200 e. The van der Waals surface area contributed by atoms with Gasteiger partial charge in [0.25, 0.3) is 0 Å². The van der Waals surface area contributed by atoms with E-state index in [0.29, 0.717) is 0 Å². The van der Waals surface area contributed by atoms with Crippen LogP contribution in [0, 0.1) is 6.92 Å². The molecule has 0 heterocycles. The van der Waals surface area contributed by atoms with Gasteiger partial charge in [-0.15, -0.1) is 0 Å². The Morgan fingerprint density at radius 3 is 1.36 bits per heavy atom. The predicted octanol–water partition coefficient (Wildman–Crippen LogP) is 6.77. The molecule has 0 saturated carbocycles. The maximum absolute atomic E-state index is 2.33. The number of hydrogen-bond acceptors (Lipinski definition) is 0. The normalized spacial score (nSPS) is 10.8. The van der Waals surface area contributed by atoms with Gasteiger partial charge in [0.05, 0.1) is 0 Å². The Labute approximate surface area is 168 Å². The summed E-state index contributed by atoms with van der Waals surface area (Å²) in [6.07, 6.45) is 2.94. The van der Waals surface area contributed by atoms with Crippen LogP contribution in [0.2, 0.25) is 0 Å². The fourth-order valence-corrected chi connectivity index (χ4v) is 3.91. The highest BCUT2D eigenvalue weighted by atomic mass is 14.2. The molecule has 4 aromatic carbocycles. The van der Waals surface area contributed by atoms with Crippen LogP contribution in [0.25, 0.3) is 0 Å². The highest BCUT2D eigenvalue weighted by Crippen LogP contribution is 2.27. The van der Waals surface area contributed by atoms with E-state index in [4.69, 9.17) is 0 Å². The van der Waals surface area contributed by atoms with E-state index in [1.807, 2.05) is 0 Å². The highest BCUT2D eigenvalue weighted by Gasteiger charge is 2.13. The van der Waals surface area contributed by atoms with E-state index in [9.17, 15) is 0 Å². The SMILES string of the molecule is Cc1ccc(Cc2ccccc2)c(Cc2ccccc2)c1Cc1ccccc1. The van der Waals surface area contributed by atoms with Gasteiger partial charge < -0.3 is 0 Å². The Hall–Kier alpha value is -3.12. The maximum atomic E-state index is 2.33. The Balaban J connectivity index is 1.77. The van der Waals surface area contributed by atoms with E-state index in [-0.39, 0.29) is 0 Å². The van der Waals surface area contributed by atoms with Gasteiger partial charge in [0.1, 0.15) is 0 Å². The first-order chi connectivity index (χ1) is 13.8. The lowest BCUT2D eigenvalue weighted by Crippen LogP contribution is -2.06. The first-order valence-electron chi connectivity index (χ1n) is 10.0. The third-order valence-electron chi connectivity index (χ3n) is 5.45. The molecule has 0 heteroatoms. The molecule has 0 atom stereocenters. The average molecular weight is 363 g/mol. The summed E-state index contributed by atoms with van der Waals surface area (Å²) >= 11 is 0. The minimum atomic E-state index is 0.977. The molecule has 0 aliphatic carbocycles. The fourth-order valence-electron chi connectivity index (χ4n) is 3.91. The van der Waals surface area contributed by atoms with Gasteiger partial charge in [-0.3, -0.25) is 0 Å². The molecular formula is C28H26. The van der Waals surface area contributed by atoms with Crippen molar-refractivity contribution >= 4 is 0 Å². The van der Waals surface area contributed by atoms with E-state index in [1.54, 1.807) is 0 Å². The number of rotatable bonds is 6. The molecule has 0 aromatic heterocycles. The summed E-state index contributed by atoms with van der Waals surface area (Å²) in [7, 11) is 0. The largest absolute Gasteiger partial charge is 0.0622 e. The van der Waals surface area contributed by atoms with Crippen LogP contribution in [0.1, 0.15) is 38.9 Å². The molecule has 28 heavy (non-hydrogen) atoms. The van der Waals surface area contributed by atoms with E-state index < -0.39 is 0 Å². The molecule has 0 saturated heterocycles. The standard InChI is InChI=1S/C28H26/c1-22-17-18-26(19-23-11-5-2-6-12-23)28(21-25-15-9-4-10-16-25)27(22)20-24-13-7-3-8-14-24/h2-18H,19-21H2,1H3. The van der Waals surface area contributed by atoms with Crippen LogP contribution in [0.3, 0.4) is 0 Å². The highest BCUT2D eigenvalue weighted by molar-refractivity contribution is 5.47. The maximum Gasteiger partial charge on any atom is -0.00200 e. The van der Waals surface area contributed by atoms with Crippen LogP contribution in [-0.2, 0) is 19.3 Å². The lowest BCUT2D eigenvalue weighted by molar-refractivity contribution is 1.02. The van der Waals surface area contributed by atoms with Crippen LogP contribution in [0.4, 0.5) is 0 Å². The minimum Gasteiger partial charge on any atom is -0.0622 e. The topological polar surface area (TPSA) is 0 Å². The second-order valence-corrected chi connectivity index (χ2v) is 7.49. The van der Waals surface area contributed by atoms with E-state index in [0.717, 1.165) is 19.3 Å². The van der Waals surface area contributed by atoms with E-state index >= 15 is 0 Å². The minimum absolute atomic E-state index is 0.977. The van der Waals surface area contributed by atoms with Gasteiger partial charge in [0, 0.05) is 0 Å². The van der Waals surface area contributed by atoms with Crippen LogP contribution < -0.4 is 0 Å². The molecule has 0 nitrogen and oxygen atoms in total. The Bertz CT molecular complexity index is 1020. The molecule has 4 rings (SSSR count). The summed E-state index contributed by atoms with van der Waals surface area (Å²) in [4.78, 5) is 0. The molecule has 0 fully saturated rings. The second kappa shape index (κ2) is 8.71. The van der Waals surface area contributed by atoms with Gasteiger partial charge >= 0.3 is 0 Å². The second-order valence-electron chi connectivity index (χ2n) is 7.49. The summed E-state index contributed by atoms with van der Waals surface area (Å²) in [5, 5.41) is 0. The quantitative estimate of drug-likeness (QED) is 0.355. The monoisotopic (exact) mass is 362 g/mol. The first-order valence-corrected chi connectivity index (χ1v) is 10.0. The lowest BCUT2D eigenvalue weighted by Gasteiger charge is -2.18. The van der Waals surface area contributed by atoms with Crippen molar-refractivity contribution in [3.05, 3.63) is 142 Å². The third kappa shape index (κ3) is 4.40. The van der Waals surface area contributed by atoms with Crippen molar-refractivity contribution in [1.29, 1.82) is 0 Å². The van der Waals surface area contributed by atoms with Crippen molar-refractivity contribution in [2.75, 3.05) is 0 Å². The molecule has 0 radical (unpaired) electrons. The van der Waals surface area contributed by atoms with Crippen LogP contribution in [0.5, 0.6) is 0 Å². The zero-order valence-corrected chi connectivity index (χ0v) is 16.4. The Kier molecular flexibility index (Phi) is 5.68. The summed E-state index contributed by atoms with van der Waals surface area (Å²) in [5.74, 6) is 0. The molecule has 0 amide bonds. The summed E-state index contributed by atoms with van der Waals surface area (Å²) in [6.45, 7) is 2.25. The van der Waals surface area contributed by atoms with Crippen molar-refractivity contribution in [1.82, 2.24) is 0 Å². The summed E-state index contributed by atoms with van der Waals surface area (Å²) < 4.78 is 0. The van der Waals surface area contributed by atoms with Crippen LogP contribution >= 0.6 is 0 Å². The number of hydrogen-bond donors (Lipinski definition) is 0. The lowest BCUT2D eigenvalue weighted by atomic mass is 9.86. The van der Waals surface area contributed by atoms with Crippen molar-refractivity contribution in [2.45, 2.75) is 26.2 Å². The number of aryl methyl sites for hydroxylation is 1. The van der Waals surface area contributed by atoms with Crippen molar-refractivity contribution in [3.8, 4) is 0 Å². The molecule has 138 valence electrons. The fraction of sp³-hybridized carbons (Fsp3) is 0.143. The summed E-state index contributed by atoms with van der Waals surface area (Å²) in [5.41, 5.74) is 9.89. The molecule has 0 aliphatic rings. The Morgan fingerprint density at radius 2 is 0.857 bits per heavy atom. The van der Waals surface area contributed by atoms with Gasteiger partial charge in [0.2, 0.25) is 0 Å².